The zero-order valence-corrected chi connectivity index (χ0v) is 15.4. The fourth-order valence-electron chi connectivity index (χ4n) is 2.70. The van der Waals surface area contributed by atoms with Gasteiger partial charge in [0.25, 0.3) is 5.91 Å². The van der Waals surface area contributed by atoms with Crippen LogP contribution in [0.2, 0.25) is 19.6 Å². The molecular weight excluding hydrogens is 316 g/mol. The fraction of sp³-hybridized carbons (Fsp3) is 0.211. The minimum Gasteiger partial charge on any atom is -0.495 e. The molecule has 24 heavy (non-hydrogen) atoms. The molecule has 0 unspecified atom stereocenters. The Bertz CT molecular complexity index is 841. The van der Waals surface area contributed by atoms with E-state index in [1.165, 1.54) is 0 Å². The van der Waals surface area contributed by atoms with Crippen LogP contribution in [-0.2, 0) is 4.79 Å². The Morgan fingerprint density at radius 2 is 1.96 bits per heavy atom. The van der Waals surface area contributed by atoms with E-state index in [2.05, 4.69) is 47.8 Å². The minimum absolute atomic E-state index is 0.0875. The van der Waals surface area contributed by atoms with Crippen molar-refractivity contribution in [3.63, 3.8) is 0 Å². The molecule has 1 aliphatic rings. The summed E-state index contributed by atoms with van der Waals surface area (Å²) in [5.41, 5.74) is 6.60. The van der Waals surface area contributed by atoms with Crippen molar-refractivity contribution in [2.24, 2.45) is 0 Å². The molecule has 1 amide bonds. The molecule has 0 atom stereocenters. The normalized spacial score (nSPS) is 15.8. The number of nitrogens with one attached hydrogen (secondary N) is 2. The largest absolute Gasteiger partial charge is 0.495 e. The molecule has 1 aromatic heterocycles. The predicted octanol–water partition coefficient (Wildman–Crippen LogP) is 4.41. The number of carbonyl (C=O) groups excluding carboxylic acids is 1. The van der Waals surface area contributed by atoms with E-state index in [1.54, 1.807) is 13.3 Å². The highest BCUT2D eigenvalue weighted by Crippen LogP contribution is 2.37. The van der Waals surface area contributed by atoms with Gasteiger partial charge in [0, 0.05) is 17.4 Å². The standard InChI is InChI=1S/C19H22N2O2Si/c1-23-17-8-10-20-16(17)12-14-18-13(9-11-24(2,3)4)6-5-7-15(18)21-19(14)22/h5-12,20H,1-4H3,(H,21,22)/b11-9?,14-12-. The summed E-state index contributed by atoms with van der Waals surface area (Å²) in [6.07, 6.45) is 5.80. The van der Waals surface area contributed by atoms with Crippen molar-refractivity contribution in [1.82, 2.24) is 4.98 Å². The van der Waals surface area contributed by atoms with Crippen molar-refractivity contribution in [2.45, 2.75) is 19.6 Å². The topological polar surface area (TPSA) is 54.1 Å². The van der Waals surface area contributed by atoms with E-state index < -0.39 is 8.07 Å². The molecule has 4 nitrogen and oxygen atoms in total. The van der Waals surface area contributed by atoms with Crippen LogP contribution >= 0.6 is 0 Å². The average molecular weight is 338 g/mol. The average Bonchev–Trinajstić information content (AvgIpc) is 3.09. The first kappa shape index (κ1) is 16.3. The predicted molar refractivity (Wildman–Crippen MR) is 103 cm³/mol. The molecule has 0 saturated heterocycles. The first-order valence-corrected chi connectivity index (χ1v) is 11.5. The van der Waals surface area contributed by atoms with Crippen LogP contribution < -0.4 is 10.1 Å². The first-order chi connectivity index (χ1) is 11.4. The first-order valence-electron chi connectivity index (χ1n) is 7.96. The second-order valence-electron chi connectivity index (χ2n) is 6.94. The summed E-state index contributed by atoms with van der Waals surface area (Å²) >= 11 is 0. The number of amides is 1. The van der Waals surface area contributed by atoms with Crippen LogP contribution in [0.4, 0.5) is 5.69 Å². The van der Waals surface area contributed by atoms with E-state index in [0.29, 0.717) is 5.57 Å². The van der Waals surface area contributed by atoms with Crippen molar-refractivity contribution in [3.8, 4) is 5.75 Å². The number of hydrogen-bond donors (Lipinski definition) is 2. The second-order valence-corrected chi connectivity index (χ2v) is 12.0. The van der Waals surface area contributed by atoms with Crippen molar-refractivity contribution < 1.29 is 9.53 Å². The number of hydrogen-bond acceptors (Lipinski definition) is 2. The second kappa shape index (κ2) is 6.17. The van der Waals surface area contributed by atoms with Crippen LogP contribution in [0, 0.1) is 0 Å². The smallest absolute Gasteiger partial charge is 0.256 e. The molecule has 0 radical (unpaired) electrons. The molecule has 1 aliphatic heterocycles. The van der Waals surface area contributed by atoms with Crippen molar-refractivity contribution >= 4 is 37.4 Å². The van der Waals surface area contributed by atoms with Crippen LogP contribution in [0.25, 0.3) is 17.7 Å². The maximum Gasteiger partial charge on any atom is 0.256 e. The van der Waals surface area contributed by atoms with Gasteiger partial charge >= 0.3 is 0 Å². The van der Waals surface area contributed by atoms with Gasteiger partial charge in [-0.1, -0.05) is 43.5 Å². The van der Waals surface area contributed by atoms with Crippen molar-refractivity contribution in [3.05, 3.63) is 53.0 Å². The Balaban J connectivity index is 2.11. The molecule has 1 aromatic carbocycles. The summed E-state index contributed by atoms with van der Waals surface area (Å²) in [4.78, 5) is 15.6. The van der Waals surface area contributed by atoms with Gasteiger partial charge in [0.15, 0.2) is 0 Å². The summed E-state index contributed by atoms with van der Waals surface area (Å²) in [6, 6.07) is 7.81. The SMILES string of the molecule is COc1cc[nH]c1/C=C1\C(=O)Nc2cccc(C=C[Si](C)(C)C)c21. The molecule has 0 fully saturated rings. The monoisotopic (exact) mass is 338 g/mol. The summed E-state index contributed by atoms with van der Waals surface area (Å²) in [5, 5.41) is 2.95. The van der Waals surface area contributed by atoms with Crippen LogP contribution in [0.15, 0.2) is 36.2 Å². The lowest BCUT2D eigenvalue weighted by molar-refractivity contribution is -0.110. The zero-order valence-electron chi connectivity index (χ0n) is 14.4. The quantitative estimate of drug-likeness (QED) is 0.641. The zero-order chi connectivity index (χ0) is 17.3. The Morgan fingerprint density at radius 3 is 2.67 bits per heavy atom. The van der Waals surface area contributed by atoms with Gasteiger partial charge in [0.1, 0.15) is 5.75 Å². The Morgan fingerprint density at radius 1 is 1.17 bits per heavy atom. The van der Waals surface area contributed by atoms with E-state index >= 15 is 0 Å². The number of carbonyl (C=O) groups is 1. The highest BCUT2D eigenvalue weighted by molar-refractivity contribution is 6.81. The molecule has 0 saturated carbocycles. The third-order valence-corrected chi connectivity index (χ3v) is 5.04. The summed E-state index contributed by atoms with van der Waals surface area (Å²) < 4.78 is 5.33. The van der Waals surface area contributed by atoms with Crippen LogP contribution in [0.1, 0.15) is 16.8 Å². The van der Waals surface area contributed by atoms with Gasteiger partial charge in [-0.15, -0.1) is 0 Å². The fourth-order valence-corrected chi connectivity index (χ4v) is 3.38. The maximum absolute atomic E-state index is 12.5. The lowest BCUT2D eigenvalue weighted by Crippen LogP contribution is -2.15. The molecular formula is C19H22N2O2Si. The number of fused-ring (bicyclic) bond motifs is 1. The number of H-pyrrole nitrogens is 1. The van der Waals surface area contributed by atoms with E-state index in [4.69, 9.17) is 4.74 Å². The van der Waals surface area contributed by atoms with Gasteiger partial charge in [0.2, 0.25) is 0 Å². The van der Waals surface area contributed by atoms with Crippen LogP contribution in [-0.4, -0.2) is 26.1 Å². The molecule has 124 valence electrons. The highest BCUT2D eigenvalue weighted by Gasteiger charge is 2.26. The molecule has 0 spiro atoms. The molecule has 2 heterocycles. The lowest BCUT2D eigenvalue weighted by Gasteiger charge is -2.10. The molecule has 2 N–H and O–H groups in total. The number of benzene rings is 1. The Hall–Kier alpha value is -2.53. The van der Waals surface area contributed by atoms with E-state index in [1.807, 2.05) is 24.3 Å². The van der Waals surface area contributed by atoms with Crippen LogP contribution in [0.5, 0.6) is 5.75 Å². The van der Waals surface area contributed by atoms with Gasteiger partial charge in [-0.25, -0.2) is 0 Å². The van der Waals surface area contributed by atoms with Gasteiger partial charge in [-0.2, -0.15) is 0 Å². The third kappa shape index (κ3) is 3.21. The van der Waals surface area contributed by atoms with E-state index in [-0.39, 0.29) is 5.91 Å². The van der Waals surface area contributed by atoms with Gasteiger partial charge in [-0.05, 0) is 23.8 Å². The molecule has 5 heteroatoms. The summed E-state index contributed by atoms with van der Waals surface area (Å²) in [7, 11) is 0.300. The molecule has 2 aromatic rings. The summed E-state index contributed by atoms with van der Waals surface area (Å²) in [6.45, 7) is 6.86. The number of anilines is 1. The number of rotatable bonds is 4. The number of aromatic nitrogens is 1. The molecule has 0 bridgehead atoms. The maximum atomic E-state index is 12.5. The van der Waals surface area contributed by atoms with Crippen molar-refractivity contribution in [1.29, 1.82) is 0 Å². The number of methoxy groups -OCH3 is 1. The van der Waals surface area contributed by atoms with Gasteiger partial charge < -0.3 is 15.0 Å². The van der Waals surface area contributed by atoms with Crippen molar-refractivity contribution in [2.75, 3.05) is 12.4 Å². The van der Waals surface area contributed by atoms with E-state index in [0.717, 1.165) is 28.3 Å². The Kier molecular flexibility index (Phi) is 4.20. The number of ether oxygens (including phenoxy) is 1. The van der Waals surface area contributed by atoms with Gasteiger partial charge in [0.05, 0.1) is 26.5 Å². The third-order valence-electron chi connectivity index (χ3n) is 3.87. The minimum atomic E-state index is -1.32. The lowest BCUT2D eigenvalue weighted by atomic mass is 9.99. The molecule has 0 aliphatic carbocycles. The highest BCUT2D eigenvalue weighted by atomic mass is 28.3. The Labute approximate surface area is 143 Å². The number of aromatic amines is 1. The summed E-state index contributed by atoms with van der Waals surface area (Å²) in [5.74, 6) is 0.634. The van der Waals surface area contributed by atoms with Gasteiger partial charge in [-0.3, -0.25) is 4.79 Å². The van der Waals surface area contributed by atoms with E-state index in [9.17, 15) is 4.79 Å². The van der Waals surface area contributed by atoms with Crippen LogP contribution in [0.3, 0.4) is 0 Å². The molecule has 3 rings (SSSR count).